The first kappa shape index (κ1) is 17.4. The Balaban J connectivity index is 1.65. The third kappa shape index (κ3) is 4.37. The molecule has 0 atom stereocenters. The molecule has 2 aromatic rings. The number of urea groups is 1. The van der Waals surface area contributed by atoms with Crippen LogP contribution in [0.1, 0.15) is 20.8 Å². The zero-order chi connectivity index (χ0) is 17.6. The molecule has 6 nitrogen and oxygen atoms in total. The van der Waals surface area contributed by atoms with E-state index in [0.717, 1.165) is 10.4 Å². The minimum absolute atomic E-state index is 0.0246. The van der Waals surface area contributed by atoms with Crippen LogP contribution in [0.3, 0.4) is 0 Å². The van der Waals surface area contributed by atoms with Crippen molar-refractivity contribution in [3.05, 3.63) is 51.7 Å². The van der Waals surface area contributed by atoms with Crippen LogP contribution < -0.4 is 10.6 Å². The van der Waals surface area contributed by atoms with Gasteiger partial charge in [-0.15, -0.1) is 11.3 Å². The van der Waals surface area contributed by atoms with E-state index in [1.165, 1.54) is 0 Å². The fourth-order valence-electron chi connectivity index (χ4n) is 2.69. The molecule has 1 fully saturated rings. The Kier molecular flexibility index (Phi) is 5.67. The monoisotopic (exact) mass is 359 g/mol. The van der Waals surface area contributed by atoms with Gasteiger partial charge in [-0.05, 0) is 36.1 Å². The molecule has 132 valence electrons. The van der Waals surface area contributed by atoms with E-state index in [9.17, 15) is 9.59 Å². The first-order valence-electron chi connectivity index (χ1n) is 8.19. The summed E-state index contributed by atoms with van der Waals surface area (Å²) in [6, 6.07) is 9.02. The molecule has 3 amide bonds. The molecule has 0 bridgehead atoms. The van der Waals surface area contributed by atoms with E-state index in [0.29, 0.717) is 44.1 Å². The molecule has 0 saturated carbocycles. The van der Waals surface area contributed by atoms with E-state index in [1.807, 2.05) is 24.4 Å². The van der Waals surface area contributed by atoms with Gasteiger partial charge in [0.05, 0.1) is 19.8 Å². The van der Waals surface area contributed by atoms with Crippen molar-refractivity contribution < 1.29 is 14.3 Å². The molecule has 2 N–H and O–H groups in total. The number of carbonyl (C=O) groups is 2. The summed E-state index contributed by atoms with van der Waals surface area (Å²) in [4.78, 5) is 27.7. The standard InChI is InChI=1S/C18H21N3O3S/c1-13-15(17(22)21-7-9-24-10-8-21)5-2-6-16(13)20-18(23)19-12-14-4-3-11-25-14/h2-6,11H,7-10,12H2,1H3,(H2,19,20,23). The van der Waals surface area contributed by atoms with Crippen LogP contribution in [0.25, 0.3) is 0 Å². The fourth-order valence-corrected chi connectivity index (χ4v) is 3.33. The third-order valence-electron chi connectivity index (χ3n) is 4.11. The number of thiophene rings is 1. The number of nitrogens with one attached hydrogen (secondary N) is 2. The first-order valence-corrected chi connectivity index (χ1v) is 9.07. The van der Waals surface area contributed by atoms with Crippen molar-refractivity contribution in [3.8, 4) is 0 Å². The summed E-state index contributed by atoms with van der Waals surface area (Å²) in [7, 11) is 0. The molecule has 1 aromatic carbocycles. The van der Waals surface area contributed by atoms with Crippen LogP contribution in [0, 0.1) is 6.92 Å². The van der Waals surface area contributed by atoms with Crippen LogP contribution in [-0.4, -0.2) is 43.1 Å². The largest absolute Gasteiger partial charge is 0.378 e. The molecule has 1 saturated heterocycles. The van der Waals surface area contributed by atoms with E-state index in [2.05, 4.69) is 10.6 Å². The lowest BCUT2D eigenvalue weighted by Gasteiger charge is -2.27. The summed E-state index contributed by atoms with van der Waals surface area (Å²) >= 11 is 1.59. The van der Waals surface area contributed by atoms with E-state index in [1.54, 1.807) is 34.4 Å². The first-order chi connectivity index (χ1) is 12.1. The third-order valence-corrected chi connectivity index (χ3v) is 4.99. The fraction of sp³-hybridized carbons (Fsp3) is 0.333. The van der Waals surface area contributed by atoms with Gasteiger partial charge in [0.25, 0.3) is 5.91 Å². The molecular weight excluding hydrogens is 338 g/mol. The lowest BCUT2D eigenvalue weighted by Crippen LogP contribution is -2.41. The van der Waals surface area contributed by atoms with Gasteiger partial charge in [0.1, 0.15) is 0 Å². The highest BCUT2D eigenvalue weighted by Crippen LogP contribution is 2.21. The number of amides is 3. The molecule has 0 aliphatic carbocycles. The number of rotatable bonds is 4. The van der Waals surface area contributed by atoms with Crippen LogP contribution in [0.4, 0.5) is 10.5 Å². The van der Waals surface area contributed by atoms with E-state index < -0.39 is 0 Å². The van der Waals surface area contributed by atoms with Crippen molar-refractivity contribution in [2.24, 2.45) is 0 Å². The number of hydrogen-bond acceptors (Lipinski definition) is 4. The lowest BCUT2D eigenvalue weighted by atomic mass is 10.1. The van der Waals surface area contributed by atoms with Crippen molar-refractivity contribution in [2.75, 3.05) is 31.6 Å². The molecule has 1 aromatic heterocycles. The molecule has 3 rings (SSSR count). The Bertz CT molecular complexity index is 740. The van der Waals surface area contributed by atoms with E-state index in [-0.39, 0.29) is 11.9 Å². The van der Waals surface area contributed by atoms with Gasteiger partial charge in [-0.1, -0.05) is 12.1 Å². The van der Waals surface area contributed by atoms with Gasteiger partial charge in [-0.2, -0.15) is 0 Å². The summed E-state index contributed by atoms with van der Waals surface area (Å²) in [5, 5.41) is 7.62. The molecule has 0 unspecified atom stereocenters. The minimum Gasteiger partial charge on any atom is -0.378 e. The van der Waals surface area contributed by atoms with Gasteiger partial charge in [0, 0.05) is 29.2 Å². The van der Waals surface area contributed by atoms with Crippen LogP contribution in [0.2, 0.25) is 0 Å². The summed E-state index contributed by atoms with van der Waals surface area (Å²) in [5.41, 5.74) is 2.02. The second kappa shape index (κ2) is 8.13. The average molecular weight is 359 g/mol. The predicted molar refractivity (Wildman–Crippen MR) is 98.1 cm³/mol. The summed E-state index contributed by atoms with van der Waals surface area (Å²) in [5.74, 6) is -0.0246. The zero-order valence-electron chi connectivity index (χ0n) is 14.1. The maximum Gasteiger partial charge on any atom is 0.319 e. The van der Waals surface area contributed by atoms with Crippen LogP contribution in [0.5, 0.6) is 0 Å². The highest BCUT2D eigenvalue weighted by molar-refractivity contribution is 7.09. The predicted octanol–water partition coefficient (Wildman–Crippen LogP) is 2.85. The number of anilines is 1. The smallest absolute Gasteiger partial charge is 0.319 e. The molecule has 1 aliphatic rings. The number of carbonyl (C=O) groups excluding carboxylic acids is 2. The van der Waals surface area contributed by atoms with Crippen LogP contribution in [0.15, 0.2) is 35.7 Å². The topological polar surface area (TPSA) is 70.7 Å². The van der Waals surface area contributed by atoms with Crippen molar-refractivity contribution in [1.82, 2.24) is 10.2 Å². The van der Waals surface area contributed by atoms with Gasteiger partial charge in [-0.3, -0.25) is 4.79 Å². The van der Waals surface area contributed by atoms with Gasteiger partial charge in [0.2, 0.25) is 0 Å². The Morgan fingerprint density at radius 2 is 2.00 bits per heavy atom. The van der Waals surface area contributed by atoms with E-state index in [4.69, 9.17) is 4.74 Å². The number of hydrogen-bond donors (Lipinski definition) is 2. The highest BCUT2D eigenvalue weighted by Gasteiger charge is 2.21. The van der Waals surface area contributed by atoms with Crippen molar-refractivity contribution in [2.45, 2.75) is 13.5 Å². The number of benzene rings is 1. The summed E-state index contributed by atoms with van der Waals surface area (Å²) in [6.07, 6.45) is 0. The van der Waals surface area contributed by atoms with E-state index >= 15 is 0 Å². The molecule has 25 heavy (non-hydrogen) atoms. The van der Waals surface area contributed by atoms with Gasteiger partial charge >= 0.3 is 6.03 Å². The highest BCUT2D eigenvalue weighted by atomic mass is 32.1. The second-order valence-electron chi connectivity index (χ2n) is 5.77. The van der Waals surface area contributed by atoms with Crippen molar-refractivity contribution >= 4 is 29.0 Å². The Hall–Kier alpha value is -2.38. The van der Waals surface area contributed by atoms with Gasteiger partial charge < -0.3 is 20.3 Å². The Morgan fingerprint density at radius 3 is 2.72 bits per heavy atom. The van der Waals surface area contributed by atoms with Gasteiger partial charge in [-0.25, -0.2) is 4.79 Å². The maximum atomic E-state index is 12.7. The molecule has 0 spiro atoms. The second-order valence-corrected chi connectivity index (χ2v) is 6.80. The molecule has 1 aliphatic heterocycles. The maximum absolute atomic E-state index is 12.7. The summed E-state index contributed by atoms with van der Waals surface area (Å²) < 4.78 is 5.29. The minimum atomic E-state index is -0.285. The molecule has 7 heteroatoms. The number of nitrogens with zero attached hydrogens (tertiary/aromatic N) is 1. The van der Waals surface area contributed by atoms with Crippen molar-refractivity contribution in [3.63, 3.8) is 0 Å². The zero-order valence-corrected chi connectivity index (χ0v) is 14.9. The lowest BCUT2D eigenvalue weighted by molar-refractivity contribution is 0.0302. The number of morpholine rings is 1. The van der Waals surface area contributed by atoms with Crippen molar-refractivity contribution in [1.29, 1.82) is 0 Å². The molecular formula is C18H21N3O3S. The Morgan fingerprint density at radius 1 is 1.20 bits per heavy atom. The SMILES string of the molecule is Cc1c(NC(=O)NCc2cccs2)cccc1C(=O)N1CCOCC1. The van der Waals surface area contributed by atoms with Crippen LogP contribution >= 0.6 is 11.3 Å². The Labute approximate surface area is 150 Å². The normalized spacial score (nSPS) is 14.2. The molecule has 0 radical (unpaired) electrons. The number of ether oxygens (including phenoxy) is 1. The average Bonchev–Trinajstić information content (AvgIpc) is 3.15. The van der Waals surface area contributed by atoms with Gasteiger partial charge in [0.15, 0.2) is 0 Å². The summed E-state index contributed by atoms with van der Waals surface area (Å²) in [6.45, 7) is 4.65. The van der Waals surface area contributed by atoms with Crippen LogP contribution in [-0.2, 0) is 11.3 Å². The quantitative estimate of drug-likeness (QED) is 0.882. The molecule has 2 heterocycles.